The van der Waals surface area contributed by atoms with E-state index >= 15 is 0 Å². The maximum Gasteiger partial charge on any atom is 0.225 e. The summed E-state index contributed by atoms with van der Waals surface area (Å²) in [5, 5.41) is 18.0. The molecule has 2 fully saturated rings. The van der Waals surface area contributed by atoms with Crippen LogP contribution in [0.5, 0.6) is 0 Å². The van der Waals surface area contributed by atoms with Crippen LogP contribution in [0.2, 0.25) is 0 Å². The minimum Gasteiger partial charge on any atom is -0.396 e. The number of nitrogens with one attached hydrogen (secondary N) is 2. The van der Waals surface area contributed by atoms with Crippen LogP contribution in [0.3, 0.4) is 0 Å². The quantitative estimate of drug-likeness (QED) is 0.290. The highest BCUT2D eigenvalue weighted by atomic mass is 32.1. The Kier molecular flexibility index (Phi) is 6.40. The Morgan fingerprint density at radius 2 is 1.84 bits per heavy atom. The summed E-state index contributed by atoms with van der Waals surface area (Å²) in [6, 6.07) is 12.3. The summed E-state index contributed by atoms with van der Waals surface area (Å²) in [6.07, 6.45) is 0.378. The van der Waals surface area contributed by atoms with Crippen LogP contribution >= 0.6 is 22.7 Å². The number of aryl methyl sites for hydroxylation is 2. The molecule has 194 valence electrons. The third kappa shape index (κ3) is 4.84. The van der Waals surface area contributed by atoms with E-state index in [1.54, 1.807) is 22.7 Å². The lowest BCUT2D eigenvalue weighted by Crippen LogP contribution is -2.35. The second kappa shape index (κ2) is 9.59. The maximum atomic E-state index is 10.0. The first-order valence-electron chi connectivity index (χ1n) is 12.6. The molecule has 0 radical (unpaired) electrons. The van der Waals surface area contributed by atoms with Crippen LogP contribution in [-0.4, -0.2) is 50.7 Å². The maximum absolute atomic E-state index is 10.0. The zero-order valence-corrected chi connectivity index (χ0v) is 22.9. The molecule has 3 N–H and O–H groups in total. The molecule has 4 heterocycles. The van der Waals surface area contributed by atoms with E-state index in [9.17, 15) is 5.11 Å². The number of thiophene rings is 1. The van der Waals surface area contributed by atoms with Crippen molar-refractivity contribution >= 4 is 44.7 Å². The second-order valence-electron chi connectivity index (χ2n) is 10.2. The lowest BCUT2D eigenvalue weighted by molar-refractivity contribution is -0.158. The first kappa shape index (κ1) is 24.7. The summed E-state index contributed by atoms with van der Waals surface area (Å²) in [6.45, 7) is 8.66. The number of nitrogens with zero attached hydrogens (tertiary/aromatic N) is 3. The third-order valence-corrected chi connectivity index (χ3v) is 9.01. The number of anilines is 2. The molecule has 8 nitrogen and oxygen atoms in total. The van der Waals surface area contributed by atoms with Gasteiger partial charge in [0, 0.05) is 22.3 Å². The highest BCUT2D eigenvalue weighted by Crippen LogP contribution is 2.44. The molecular weight excluding hydrogens is 506 g/mol. The first-order valence-corrected chi connectivity index (χ1v) is 14.2. The van der Waals surface area contributed by atoms with E-state index in [1.165, 1.54) is 9.75 Å². The summed E-state index contributed by atoms with van der Waals surface area (Å²) in [4.78, 5) is 17.2. The van der Waals surface area contributed by atoms with Crippen LogP contribution < -0.4 is 10.6 Å². The number of ether oxygens (including phenoxy) is 2. The number of hydrogen-bond acceptors (Lipinski definition) is 10. The predicted molar refractivity (Wildman–Crippen MR) is 148 cm³/mol. The molecule has 0 amide bonds. The average molecular weight is 538 g/mol. The Labute approximate surface area is 224 Å². The number of aromatic nitrogens is 3. The minimum absolute atomic E-state index is 0.00206. The summed E-state index contributed by atoms with van der Waals surface area (Å²) < 4.78 is 13.6. The summed E-state index contributed by atoms with van der Waals surface area (Å²) in [7, 11) is 0. The summed E-state index contributed by atoms with van der Waals surface area (Å²) in [5.74, 6) is 0.587. The standard InChI is InChI=1S/C27H31N5O3S2/c1-14-9-10-17(36-14)12-28-26-29-15(2)21(25-31-18-7-5-6-8-20(18)37-25)24(32-26)30-19-11-16(13-33)22-23(19)35-27(3,4)34-22/h5-10,16,19,22-23,33H,11-13H2,1-4H3,(H2,28,29,30,32)/t16-,19-,22-,23+/m1/s1. The molecule has 3 aromatic heterocycles. The lowest BCUT2D eigenvalue weighted by atomic mass is 10.1. The Bertz CT molecular complexity index is 1400. The number of hydrogen-bond donors (Lipinski definition) is 3. The topological polar surface area (TPSA) is 101 Å². The van der Waals surface area contributed by atoms with Gasteiger partial charge in [-0.2, -0.15) is 4.98 Å². The highest BCUT2D eigenvalue weighted by Gasteiger charge is 2.54. The van der Waals surface area contributed by atoms with E-state index < -0.39 is 5.79 Å². The fourth-order valence-corrected chi connectivity index (χ4v) is 7.21. The Morgan fingerprint density at radius 1 is 1.03 bits per heavy atom. The van der Waals surface area contributed by atoms with Gasteiger partial charge in [0.1, 0.15) is 16.9 Å². The van der Waals surface area contributed by atoms with Crippen molar-refractivity contribution in [3.63, 3.8) is 0 Å². The van der Waals surface area contributed by atoms with Crippen molar-refractivity contribution in [3.8, 4) is 10.6 Å². The van der Waals surface area contributed by atoms with E-state index in [0.717, 1.165) is 32.9 Å². The highest BCUT2D eigenvalue weighted by molar-refractivity contribution is 7.21. The van der Waals surface area contributed by atoms with Crippen LogP contribution in [0.4, 0.5) is 11.8 Å². The van der Waals surface area contributed by atoms with Gasteiger partial charge in [0.15, 0.2) is 5.79 Å². The molecule has 4 aromatic rings. The lowest BCUT2D eigenvalue weighted by Gasteiger charge is -2.25. The number of para-hydroxylation sites is 1. The van der Waals surface area contributed by atoms with Gasteiger partial charge in [-0.05, 0) is 58.4 Å². The van der Waals surface area contributed by atoms with Crippen LogP contribution in [0.25, 0.3) is 20.8 Å². The van der Waals surface area contributed by atoms with E-state index in [4.69, 9.17) is 24.4 Å². The van der Waals surface area contributed by atoms with Gasteiger partial charge in [0.2, 0.25) is 5.95 Å². The van der Waals surface area contributed by atoms with Crippen molar-refractivity contribution in [2.45, 2.75) is 64.7 Å². The van der Waals surface area contributed by atoms with E-state index in [-0.39, 0.29) is 30.8 Å². The van der Waals surface area contributed by atoms with Crippen molar-refractivity contribution in [1.29, 1.82) is 0 Å². The predicted octanol–water partition coefficient (Wildman–Crippen LogP) is 5.36. The van der Waals surface area contributed by atoms with Crippen molar-refractivity contribution in [3.05, 3.63) is 51.8 Å². The first-order chi connectivity index (χ1) is 17.8. The summed E-state index contributed by atoms with van der Waals surface area (Å²) >= 11 is 3.39. The van der Waals surface area contributed by atoms with Gasteiger partial charge in [-0.1, -0.05) is 12.1 Å². The molecular formula is C27H31N5O3S2. The Hall–Kier alpha value is -2.63. The van der Waals surface area contributed by atoms with Gasteiger partial charge in [-0.15, -0.1) is 22.7 Å². The van der Waals surface area contributed by atoms with Gasteiger partial charge in [0.05, 0.1) is 40.2 Å². The molecule has 1 saturated heterocycles. The zero-order valence-electron chi connectivity index (χ0n) is 21.3. The molecule has 1 aliphatic heterocycles. The van der Waals surface area contributed by atoms with Gasteiger partial charge < -0.3 is 25.2 Å². The smallest absolute Gasteiger partial charge is 0.225 e. The summed E-state index contributed by atoms with van der Waals surface area (Å²) in [5.41, 5.74) is 2.69. The second-order valence-corrected chi connectivity index (χ2v) is 12.6. The molecule has 1 aromatic carbocycles. The number of aliphatic hydroxyl groups is 1. The molecule has 0 unspecified atom stereocenters. The minimum atomic E-state index is -0.688. The van der Waals surface area contributed by atoms with Crippen LogP contribution in [0.1, 0.15) is 35.7 Å². The van der Waals surface area contributed by atoms with Gasteiger partial charge in [-0.25, -0.2) is 9.97 Å². The zero-order chi connectivity index (χ0) is 25.7. The fraction of sp³-hybridized carbons (Fsp3) is 0.444. The van der Waals surface area contributed by atoms with Crippen LogP contribution in [0.15, 0.2) is 36.4 Å². The van der Waals surface area contributed by atoms with Gasteiger partial charge in [0.25, 0.3) is 0 Å². The number of fused-ring (bicyclic) bond motifs is 2. The number of aliphatic hydroxyl groups excluding tert-OH is 1. The number of thiazole rings is 1. The van der Waals surface area contributed by atoms with Crippen molar-refractivity contribution in [2.24, 2.45) is 5.92 Å². The van der Waals surface area contributed by atoms with Gasteiger partial charge in [-0.3, -0.25) is 0 Å². The monoisotopic (exact) mass is 537 g/mol. The molecule has 0 bridgehead atoms. The van der Waals surface area contributed by atoms with Gasteiger partial charge >= 0.3 is 0 Å². The largest absolute Gasteiger partial charge is 0.396 e. The average Bonchev–Trinajstić information content (AvgIpc) is 3.60. The molecule has 1 aliphatic carbocycles. The third-order valence-electron chi connectivity index (χ3n) is 6.95. The SMILES string of the molecule is Cc1ccc(CNc2nc(C)c(-c3nc4ccccc4s3)c(N[C@@H]3C[C@H](CO)[C@H]4OC(C)(C)O[C@H]43)n2)s1. The van der Waals surface area contributed by atoms with Crippen molar-refractivity contribution < 1.29 is 14.6 Å². The Balaban J connectivity index is 1.37. The van der Waals surface area contributed by atoms with E-state index in [2.05, 4.69) is 35.8 Å². The van der Waals surface area contributed by atoms with E-state index in [1.807, 2.05) is 39.0 Å². The van der Waals surface area contributed by atoms with Crippen molar-refractivity contribution in [2.75, 3.05) is 17.2 Å². The fourth-order valence-electron chi connectivity index (χ4n) is 5.32. The number of benzene rings is 1. The molecule has 6 rings (SSSR count). The van der Waals surface area contributed by atoms with Crippen LogP contribution in [-0.2, 0) is 16.0 Å². The van der Waals surface area contributed by atoms with Crippen LogP contribution in [0, 0.1) is 19.8 Å². The molecule has 1 saturated carbocycles. The molecule has 37 heavy (non-hydrogen) atoms. The Morgan fingerprint density at radius 3 is 2.59 bits per heavy atom. The molecule has 2 aliphatic rings. The van der Waals surface area contributed by atoms with Crippen molar-refractivity contribution in [1.82, 2.24) is 15.0 Å². The molecule has 4 atom stereocenters. The van der Waals surface area contributed by atoms with E-state index in [0.29, 0.717) is 18.3 Å². The molecule has 10 heteroatoms. The number of rotatable bonds is 7. The normalized spacial score (nSPS) is 24.5. The molecule has 0 spiro atoms.